The monoisotopic (exact) mass is 284 g/mol. The lowest BCUT2D eigenvalue weighted by Crippen LogP contribution is -2.50. The van der Waals surface area contributed by atoms with Gasteiger partial charge < -0.3 is 15.0 Å². The van der Waals surface area contributed by atoms with Gasteiger partial charge in [0.05, 0.1) is 6.10 Å². The van der Waals surface area contributed by atoms with Gasteiger partial charge in [0.15, 0.2) is 0 Å². The van der Waals surface area contributed by atoms with E-state index < -0.39 is 0 Å². The highest BCUT2D eigenvalue weighted by molar-refractivity contribution is 4.87. The summed E-state index contributed by atoms with van der Waals surface area (Å²) in [5.41, 5.74) is 0.406. The van der Waals surface area contributed by atoms with Gasteiger partial charge in [-0.05, 0) is 37.1 Å². The normalized spacial score (nSPS) is 25.4. The van der Waals surface area contributed by atoms with Crippen LogP contribution in [0.25, 0.3) is 0 Å². The highest BCUT2D eigenvalue weighted by Crippen LogP contribution is 2.29. The van der Waals surface area contributed by atoms with E-state index >= 15 is 0 Å². The molecule has 20 heavy (non-hydrogen) atoms. The number of rotatable bonds is 8. The van der Waals surface area contributed by atoms with Crippen LogP contribution < -0.4 is 5.32 Å². The van der Waals surface area contributed by atoms with Crippen molar-refractivity contribution in [3.05, 3.63) is 0 Å². The standard InChI is InChI=1S/C17H36N2O/c1-7-17(8-2,12-18-14(3)4)13-19-10-9-15(5)16(11-19)20-6/h14-16,18H,7-13H2,1-6H3. The minimum Gasteiger partial charge on any atom is -0.380 e. The lowest BCUT2D eigenvalue weighted by atomic mass is 9.80. The van der Waals surface area contributed by atoms with E-state index in [9.17, 15) is 0 Å². The molecule has 0 radical (unpaired) electrons. The average Bonchev–Trinajstić information content (AvgIpc) is 2.45. The Bertz CT molecular complexity index is 264. The number of ether oxygens (including phenoxy) is 1. The minimum atomic E-state index is 0.406. The smallest absolute Gasteiger partial charge is 0.0724 e. The molecule has 0 aliphatic carbocycles. The van der Waals surface area contributed by atoms with Crippen molar-refractivity contribution < 1.29 is 4.74 Å². The van der Waals surface area contributed by atoms with Gasteiger partial charge in [-0.3, -0.25) is 0 Å². The van der Waals surface area contributed by atoms with Crippen LogP contribution in [0.3, 0.4) is 0 Å². The van der Waals surface area contributed by atoms with Crippen molar-refractivity contribution in [3.8, 4) is 0 Å². The molecule has 2 atom stereocenters. The Kier molecular flexibility index (Phi) is 7.49. The summed E-state index contributed by atoms with van der Waals surface area (Å²) in [7, 11) is 1.86. The number of nitrogens with zero attached hydrogens (tertiary/aromatic N) is 1. The van der Waals surface area contributed by atoms with Crippen molar-refractivity contribution in [2.24, 2.45) is 11.3 Å². The molecule has 2 unspecified atom stereocenters. The summed E-state index contributed by atoms with van der Waals surface area (Å²) in [5, 5.41) is 3.65. The first-order chi connectivity index (χ1) is 9.46. The van der Waals surface area contributed by atoms with Crippen molar-refractivity contribution in [1.82, 2.24) is 10.2 Å². The third-order valence-electron chi connectivity index (χ3n) is 5.22. The van der Waals surface area contributed by atoms with Crippen LogP contribution in [0.1, 0.15) is 53.9 Å². The van der Waals surface area contributed by atoms with Crippen LogP contribution >= 0.6 is 0 Å². The predicted molar refractivity (Wildman–Crippen MR) is 87.2 cm³/mol. The fourth-order valence-electron chi connectivity index (χ4n) is 3.22. The summed E-state index contributed by atoms with van der Waals surface area (Å²) < 4.78 is 5.66. The molecule has 0 aromatic rings. The molecular weight excluding hydrogens is 248 g/mol. The molecule has 0 aromatic carbocycles. The molecular formula is C17H36N2O. The van der Waals surface area contributed by atoms with E-state index in [1.54, 1.807) is 0 Å². The summed E-state index contributed by atoms with van der Waals surface area (Å²) in [6.45, 7) is 16.1. The summed E-state index contributed by atoms with van der Waals surface area (Å²) >= 11 is 0. The maximum atomic E-state index is 5.66. The van der Waals surface area contributed by atoms with Crippen LogP contribution in [0, 0.1) is 11.3 Å². The molecule has 0 bridgehead atoms. The fraction of sp³-hybridized carbons (Fsp3) is 1.00. The van der Waals surface area contributed by atoms with Gasteiger partial charge in [0, 0.05) is 32.8 Å². The Labute approximate surface area is 126 Å². The largest absolute Gasteiger partial charge is 0.380 e. The van der Waals surface area contributed by atoms with Crippen molar-refractivity contribution in [1.29, 1.82) is 0 Å². The second-order valence-corrected chi connectivity index (χ2v) is 7.02. The highest BCUT2D eigenvalue weighted by atomic mass is 16.5. The molecule has 0 aromatic heterocycles. The number of methoxy groups -OCH3 is 1. The van der Waals surface area contributed by atoms with E-state index in [0.717, 1.165) is 13.1 Å². The van der Waals surface area contributed by atoms with Crippen LogP contribution in [0.4, 0.5) is 0 Å². The summed E-state index contributed by atoms with van der Waals surface area (Å²) in [5.74, 6) is 0.697. The van der Waals surface area contributed by atoms with Crippen molar-refractivity contribution in [2.45, 2.75) is 66.0 Å². The Morgan fingerprint density at radius 3 is 2.45 bits per heavy atom. The maximum absolute atomic E-state index is 5.66. The van der Waals surface area contributed by atoms with Gasteiger partial charge in [0.25, 0.3) is 0 Å². The third-order valence-corrected chi connectivity index (χ3v) is 5.22. The summed E-state index contributed by atoms with van der Waals surface area (Å²) in [6.07, 6.45) is 4.16. The second-order valence-electron chi connectivity index (χ2n) is 7.02. The quantitative estimate of drug-likeness (QED) is 0.741. The lowest BCUT2D eigenvalue weighted by molar-refractivity contribution is -0.0194. The maximum Gasteiger partial charge on any atom is 0.0724 e. The molecule has 1 heterocycles. The molecule has 3 nitrogen and oxygen atoms in total. The third kappa shape index (κ3) is 5.01. The van der Waals surface area contributed by atoms with Crippen LogP contribution in [-0.4, -0.2) is 50.3 Å². The van der Waals surface area contributed by atoms with Crippen LogP contribution in [-0.2, 0) is 4.74 Å². The van der Waals surface area contributed by atoms with Gasteiger partial charge in [-0.2, -0.15) is 0 Å². The average molecular weight is 284 g/mol. The van der Waals surface area contributed by atoms with E-state index in [1.165, 1.54) is 32.4 Å². The van der Waals surface area contributed by atoms with Gasteiger partial charge in [0.2, 0.25) is 0 Å². The minimum absolute atomic E-state index is 0.406. The zero-order valence-electron chi connectivity index (χ0n) is 14.5. The fourth-order valence-corrected chi connectivity index (χ4v) is 3.22. The number of likely N-dealkylation sites (tertiary alicyclic amines) is 1. The predicted octanol–water partition coefficient (Wildman–Crippen LogP) is 3.15. The number of piperidine rings is 1. The molecule has 0 amide bonds. The van der Waals surface area contributed by atoms with Crippen molar-refractivity contribution in [2.75, 3.05) is 33.3 Å². The van der Waals surface area contributed by atoms with Crippen molar-refractivity contribution >= 4 is 0 Å². The first kappa shape index (κ1) is 17.9. The van der Waals surface area contributed by atoms with Crippen molar-refractivity contribution in [3.63, 3.8) is 0 Å². The Morgan fingerprint density at radius 2 is 1.95 bits per heavy atom. The molecule has 1 rings (SSSR count). The van der Waals surface area contributed by atoms with E-state index in [2.05, 4.69) is 44.8 Å². The second kappa shape index (κ2) is 8.35. The van der Waals surface area contributed by atoms with Gasteiger partial charge in [-0.25, -0.2) is 0 Å². The van der Waals surface area contributed by atoms with Gasteiger partial charge in [-0.1, -0.05) is 34.6 Å². The highest BCUT2D eigenvalue weighted by Gasteiger charge is 2.33. The Hall–Kier alpha value is -0.120. The zero-order chi connectivity index (χ0) is 15.2. The molecule has 0 spiro atoms. The Morgan fingerprint density at radius 1 is 1.30 bits per heavy atom. The van der Waals surface area contributed by atoms with Crippen LogP contribution in [0.15, 0.2) is 0 Å². The molecule has 3 heteroatoms. The zero-order valence-corrected chi connectivity index (χ0v) is 14.5. The first-order valence-electron chi connectivity index (χ1n) is 8.45. The van der Waals surface area contributed by atoms with Crippen LogP contribution in [0.2, 0.25) is 0 Å². The molecule has 120 valence electrons. The lowest BCUT2D eigenvalue weighted by Gasteiger charge is -2.42. The molecule has 0 saturated carbocycles. The van der Waals surface area contributed by atoms with Crippen LogP contribution in [0.5, 0.6) is 0 Å². The SMILES string of the molecule is CCC(CC)(CNC(C)C)CN1CCC(C)C(OC)C1. The number of hydrogen-bond donors (Lipinski definition) is 1. The number of nitrogens with one attached hydrogen (secondary N) is 1. The molecule has 1 saturated heterocycles. The molecule has 1 N–H and O–H groups in total. The van der Waals surface area contributed by atoms with E-state index in [1.807, 2.05) is 7.11 Å². The van der Waals surface area contributed by atoms with Gasteiger partial charge >= 0.3 is 0 Å². The summed E-state index contributed by atoms with van der Waals surface area (Å²) in [4.78, 5) is 2.63. The molecule has 1 aliphatic rings. The van der Waals surface area contributed by atoms with E-state index in [4.69, 9.17) is 4.74 Å². The van der Waals surface area contributed by atoms with E-state index in [0.29, 0.717) is 23.5 Å². The number of hydrogen-bond acceptors (Lipinski definition) is 3. The summed E-state index contributed by atoms with van der Waals surface area (Å²) in [6, 6.07) is 0.570. The van der Waals surface area contributed by atoms with Gasteiger partial charge in [-0.15, -0.1) is 0 Å². The Balaban J connectivity index is 2.60. The topological polar surface area (TPSA) is 24.5 Å². The molecule has 1 fully saturated rings. The van der Waals surface area contributed by atoms with E-state index in [-0.39, 0.29) is 0 Å². The first-order valence-corrected chi connectivity index (χ1v) is 8.45. The van der Waals surface area contributed by atoms with Gasteiger partial charge in [0.1, 0.15) is 0 Å². The molecule has 1 aliphatic heterocycles.